The maximum atomic E-state index is 5.23. The van der Waals surface area contributed by atoms with E-state index in [1.165, 1.54) is 12.8 Å². The van der Waals surface area contributed by atoms with Crippen LogP contribution in [0.15, 0.2) is 0 Å². The van der Waals surface area contributed by atoms with Crippen LogP contribution in [0.2, 0.25) is 0 Å². The fraction of sp³-hybridized carbons (Fsp3) is 1.00. The Bertz CT molecular complexity index is 52.9. The molecule has 9 heavy (non-hydrogen) atoms. The molecule has 0 rings (SSSR count). The second-order valence-corrected chi connectivity index (χ2v) is 2.74. The lowest BCUT2D eigenvalue weighted by atomic mass is 10.1. The molecule has 0 aliphatic rings. The van der Waals surface area contributed by atoms with Crippen molar-refractivity contribution in [1.82, 2.24) is 5.32 Å². The zero-order valence-corrected chi connectivity index (χ0v) is 6.48. The molecule has 0 aromatic rings. The molecule has 0 aliphatic carbocycles. The van der Waals surface area contributed by atoms with Gasteiger partial charge in [-0.2, -0.15) is 0 Å². The van der Waals surface area contributed by atoms with Gasteiger partial charge < -0.3 is 11.1 Å². The Labute approximate surface area is 57.8 Å². The van der Waals surface area contributed by atoms with Gasteiger partial charge in [0.25, 0.3) is 0 Å². The van der Waals surface area contributed by atoms with Gasteiger partial charge in [-0.25, -0.2) is 0 Å². The topological polar surface area (TPSA) is 38.0 Å². The summed E-state index contributed by atoms with van der Waals surface area (Å²) in [6, 6.07) is 0. The van der Waals surface area contributed by atoms with Crippen LogP contribution in [0.4, 0.5) is 0 Å². The van der Waals surface area contributed by atoms with Crippen LogP contribution in [0.1, 0.15) is 26.7 Å². The molecular formula is C7H18N2. The number of nitrogens with one attached hydrogen (secondary N) is 1. The van der Waals surface area contributed by atoms with Gasteiger partial charge in [-0.1, -0.05) is 13.8 Å². The largest absolute Gasteiger partial charge is 0.318 e. The van der Waals surface area contributed by atoms with Crippen molar-refractivity contribution in [3.63, 3.8) is 0 Å². The second-order valence-electron chi connectivity index (χ2n) is 2.74. The Morgan fingerprint density at radius 2 is 2.11 bits per heavy atom. The van der Waals surface area contributed by atoms with Gasteiger partial charge in [0.05, 0.1) is 0 Å². The smallest absolute Gasteiger partial charge is 0.0428 e. The number of rotatable bonds is 5. The summed E-state index contributed by atoms with van der Waals surface area (Å²) in [5.74, 6) is 0.824. The molecule has 2 nitrogen and oxygen atoms in total. The Morgan fingerprint density at radius 3 is 2.56 bits per heavy atom. The van der Waals surface area contributed by atoms with Gasteiger partial charge in [0.2, 0.25) is 0 Å². The van der Waals surface area contributed by atoms with Gasteiger partial charge in [-0.05, 0) is 25.3 Å². The van der Waals surface area contributed by atoms with Crippen LogP contribution in [0, 0.1) is 5.92 Å². The average Bonchev–Trinajstić information content (AvgIpc) is 1.80. The lowest BCUT2D eigenvalue weighted by molar-refractivity contribution is 0.531. The lowest BCUT2D eigenvalue weighted by Crippen LogP contribution is -2.23. The molecule has 3 N–H and O–H groups in total. The standard InChI is InChI=1S/C7H18N2/c1-7(2)4-3-5-9-6-8/h7,9H,3-6,8H2,1-2H3. The summed E-state index contributed by atoms with van der Waals surface area (Å²) in [5, 5.41) is 3.08. The summed E-state index contributed by atoms with van der Waals surface area (Å²) < 4.78 is 0. The van der Waals surface area contributed by atoms with Gasteiger partial charge >= 0.3 is 0 Å². The monoisotopic (exact) mass is 130 g/mol. The third-order valence-electron chi connectivity index (χ3n) is 1.28. The van der Waals surface area contributed by atoms with Crippen LogP contribution in [0.3, 0.4) is 0 Å². The van der Waals surface area contributed by atoms with Crippen LogP contribution in [-0.2, 0) is 0 Å². The predicted molar refractivity (Wildman–Crippen MR) is 41.1 cm³/mol. The van der Waals surface area contributed by atoms with E-state index in [0.717, 1.165) is 12.5 Å². The molecule has 0 amide bonds. The van der Waals surface area contributed by atoms with Crippen LogP contribution in [0.25, 0.3) is 0 Å². The van der Waals surface area contributed by atoms with E-state index in [0.29, 0.717) is 6.67 Å². The summed E-state index contributed by atoms with van der Waals surface area (Å²) in [7, 11) is 0. The van der Waals surface area contributed by atoms with E-state index in [1.807, 2.05) is 0 Å². The fourth-order valence-corrected chi connectivity index (χ4v) is 0.737. The molecule has 0 atom stereocenters. The Balaban J connectivity index is 2.75. The van der Waals surface area contributed by atoms with Crippen LogP contribution in [-0.4, -0.2) is 13.2 Å². The van der Waals surface area contributed by atoms with E-state index < -0.39 is 0 Å². The average molecular weight is 130 g/mol. The van der Waals surface area contributed by atoms with E-state index in [1.54, 1.807) is 0 Å². The summed E-state index contributed by atoms with van der Waals surface area (Å²) in [6.45, 7) is 6.15. The molecule has 2 heteroatoms. The zero-order chi connectivity index (χ0) is 7.11. The normalized spacial score (nSPS) is 10.7. The molecular weight excluding hydrogens is 112 g/mol. The maximum absolute atomic E-state index is 5.23. The first-order valence-corrected chi connectivity index (χ1v) is 3.68. The number of hydrogen-bond acceptors (Lipinski definition) is 2. The SMILES string of the molecule is CC(C)CCCNCN. The van der Waals surface area contributed by atoms with Gasteiger partial charge in [0, 0.05) is 6.67 Å². The predicted octanol–water partition coefficient (Wildman–Crippen LogP) is 0.928. The van der Waals surface area contributed by atoms with Crippen LogP contribution < -0.4 is 11.1 Å². The van der Waals surface area contributed by atoms with Crippen LogP contribution in [0.5, 0.6) is 0 Å². The molecule has 0 aliphatic heterocycles. The van der Waals surface area contributed by atoms with Crippen molar-refractivity contribution in [2.75, 3.05) is 13.2 Å². The highest BCUT2D eigenvalue weighted by Crippen LogP contribution is 2.01. The van der Waals surface area contributed by atoms with Crippen molar-refractivity contribution in [2.24, 2.45) is 11.7 Å². The van der Waals surface area contributed by atoms with Crippen molar-refractivity contribution in [3.05, 3.63) is 0 Å². The highest BCUT2D eigenvalue weighted by molar-refractivity contribution is 4.47. The van der Waals surface area contributed by atoms with Crippen molar-refractivity contribution in [2.45, 2.75) is 26.7 Å². The summed E-state index contributed by atoms with van der Waals surface area (Å²) in [5.41, 5.74) is 5.23. The molecule has 56 valence electrons. The first-order valence-electron chi connectivity index (χ1n) is 3.68. The second kappa shape index (κ2) is 6.05. The fourth-order valence-electron chi connectivity index (χ4n) is 0.737. The molecule has 0 spiro atoms. The first kappa shape index (κ1) is 8.92. The van der Waals surface area contributed by atoms with Gasteiger partial charge in [-0.15, -0.1) is 0 Å². The molecule has 0 radical (unpaired) electrons. The lowest BCUT2D eigenvalue weighted by Gasteiger charge is -2.03. The minimum atomic E-state index is 0.609. The van der Waals surface area contributed by atoms with Gasteiger partial charge in [0.15, 0.2) is 0 Å². The quantitative estimate of drug-likeness (QED) is 0.429. The minimum Gasteiger partial charge on any atom is -0.318 e. The van der Waals surface area contributed by atoms with E-state index >= 15 is 0 Å². The zero-order valence-electron chi connectivity index (χ0n) is 6.48. The summed E-state index contributed by atoms with van der Waals surface area (Å²) in [4.78, 5) is 0. The number of hydrogen-bond donors (Lipinski definition) is 2. The van der Waals surface area contributed by atoms with E-state index in [4.69, 9.17) is 5.73 Å². The summed E-state index contributed by atoms with van der Waals surface area (Å²) >= 11 is 0. The number of nitrogens with two attached hydrogens (primary N) is 1. The summed E-state index contributed by atoms with van der Waals surface area (Å²) in [6.07, 6.45) is 2.54. The Kier molecular flexibility index (Phi) is 5.99. The highest BCUT2D eigenvalue weighted by atomic mass is 14.9. The Morgan fingerprint density at radius 1 is 1.44 bits per heavy atom. The molecule has 0 aromatic heterocycles. The molecule has 0 aromatic carbocycles. The molecule has 0 fully saturated rings. The Hall–Kier alpha value is -0.0800. The molecule has 0 unspecified atom stereocenters. The van der Waals surface area contributed by atoms with Gasteiger partial charge in [0.1, 0.15) is 0 Å². The van der Waals surface area contributed by atoms with Crippen LogP contribution >= 0.6 is 0 Å². The van der Waals surface area contributed by atoms with Crippen molar-refractivity contribution in [1.29, 1.82) is 0 Å². The van der Waals surface area contributed by atoms with E-state index in [9.17, 15) is 0 Å². The first-order chi connectivity index (χ1) is 4.27. The van der Waals surface area contributed by atoms with Crippen molar-refractivity contribution >= 4 is 0 Å². The van der Waals surface area contributed by atoms with E-state index in [-0.39, 0.29) is 0 Å². The molecule has 0 bridgehead atoms. The third kappa shape index (κ3) is 7.92. The van der Waals surface area contributed by atoms with Crippen molar-refractivity contribution < 1.29 is 0 Å². The van der Waals surface area contributed by atoms with E-state index in [2.05, 4.69) is 19.2 Å². The molecule has 0 saturated carbocycles. The molecule has 0 heterocycles. The highest BCUT2D eigenvalue weighted by Gasteiger charge is 1.91. The molecule has 0 saturated heterocycles. The van der Waals surface area contributed by atoms with Crippen molar-refractivity contribution in [3.8, 4) is 0 Å². The maximum Gasteiger partial charge on any atom is 0.0428 e. The van der Waals surface area contributed by atoms with Gasteiger partial charge in [-0.3, -0.25) is 0 Å². The third-order valence-corrected chi connectivity index (χ3v) is 1.28. The minimum absolute atomic E-state index is 0.609.